The zero-order valence-electron chi connectivity index (χ0n) is 6.70. The lowest BCUT2D eigenvalue weighted by Crippen LogP contribution is -2.12. The number of rotatable bonds is 2. The fraction of sp³-hybridized carbons (Fsp3) is 0.444. The first-order valence-electron chi connectivity index (χ1n) is 4.13. The summed E-state index contributed by atoms with van der Waals surface area (Å²) in [6.07, 6.45) is 6.18. The van der Waals surface area contributed by atoms with Crippen molar-refractivity contribution in [3.8, 4) is 0 Å². The quantitative estimate of drug-likeness (QED) is 0.841. The highest BCUT2D eigenvalue weighted by Crippen LogP contribution is 2.39. The monoisotopic (exact) mass is 226 g/mol. The van der Waals surface area contributed by atoms with Crippen LogP contribution in [0.2, 0.25) is 0 Å². The Bertz CT molecular complexity index is 284. The summed E-state index contributed by atoms with van der Waals surface area (Å²) in [5.41, 5.74) is 7.15. The van der Waals surface area contributed by atoms with Crippen molar-refractivity contribution in [3.63, 3.8) is 0 Å². The Hall–Kier alpha value is -0.410. The second-order valence-electron chi connectivity index (χ2n) is 3.30. The fourth-order valence-electron chi connectivity index (χ4n) is 1.34. The standard InChI is InChI=1S/C9H11BrN2/c10-8-3-7(4-12-5-8)9(11)6-1-2-6/h3-6,9H,1-2,11H2/t9-/m1/s1. The van der Waals surface area contributed by atoms with Crippen LogP contribution in [-0.4, -0.2) is 4.98 Å². The van der Waals surface area contributed by atoms with E-state index < -0.39 is 0 Å². The molecule has 1 atom stereocenters. The van der Waals surface area contributed by atoms with Gasteiger partial charge in [0.2, 0.25) is 0 Å². The van der Waals surface area contributed by atoms with Gasteiger partial charge in [-0.3, -0.25) is 4.98 Å². The van der Waals surface area contributed by atoms with E-state index in [1.54, 1.807) is 6.20 Å². The third-order valence-corrected chi connectivity index (χ3v) is 2.67. The SMILES string of the molecule is N[C@@H](c1cncc(Br)c1)C1CC1. The largest absolute Gasteiger partial charge is 0.324 e. The van der Waals surface area contributed by atoms with E-state index in [9.17, 15) is 0 Å². The first-order valence-corrected chi connectivity index (χ1v) is 4.92. The summed E-state index contributed by atoms with van der Waals surface area (Å²) in [6.45, 7) is 0. The van der Waals surface area contributed by atoms with E-state index >= 15 is 0 Å². The summed E-state index contributed by atoms with van der Waals surface area (Å²) in [7, 11) is 0. The molecule has 1 heterocycles. The zero-order chi connectivity index (χ0) is 8.55. The first kappa shape index (κ1) is 8.20. The van der Waals surface area contributed by atoms with Gasteiger partial charge in [0.25, 0.3) is 0 Å². The van der Waals surface area contributed by atoms with Gasteiger partial charge in [-0.1, -0.05) is 0 Å². The summed E-state index contributed by atoms with van der Waals surface area (Å²) in [4.78, 5) is 4.09. The minimum Gasteiger partial charge on any atom is -0.324 e. The third-order valence-electron chi connectivity index (χ3n) is 2.24. The van der Waals surface area contributed by atoms with E-state index in [-0.39, 0.29) is 6.04 Å². The molecule has 3 heteroatoms. The van der Waals surface area contributed by atoms with Crippen LogP contribution in [-0.2, 0) is 0 Å². The molecule has 1 aromatic rings. The molecule has 0 unspecified atom stereocenters. The van der Waals surface area contributed by atoms with Gasteiger partial charge in [0.15, 0.2) is 0 Å². The molecule has 0 radical (unpaired) electrons. The molecule has 1 aliphatic carbocycles. The molecule has 12 heavy (non-hydrogen) atoms. The van der Waals surface area contributed by atoms with Crippen LogP contribution in [0.5, 0.6) is 0 Å². The Morgan fingerprint density at radius 3 is 2.83 bits per heavy atom. The van der Waals surface area contributed by atoms with Gasteiger partial charge in [-0.15, -0.1) is 0 Å². The summed E-state index contributed by atoms with van der Waals surface area (Å²) in [5.74, 6) is 0.695. The van der Waals surface area contributed by atoms with Crippen LogP contribution in [0.25, 0.3) is 0 Å². The average Bonchev–Trinajstić information content (AvgIpc) is 2.85. The molecule has 2 nitrogen and oxygen atoms in total. The molecule has 1 aromatic heterocycles. The number of halogens is 1. The highest BCUT2D eigenvalue weighted by Gasteiger charge is 2.29. The molecule has 0 amide bonds. The lowest BCUT2D eigenvalue weighted by atomic mass is 10.1. The molecule has 1 saturated carbocycles. The van der Waals surface area contributed by atoms with Crippen LogP contribution in [0, 0.1) is 5.92 Å². The minimum atomic E-state index is 0.190. The molecule has 0 spiro atoms. The molecule has 0 aliphatic heterocycles. The second kappa shape index (κ2) is 3.15. The van der Waals surface area contributed by atoms with Crippen molar-refractivity contribution < 1.29 is 0 Å². The maximum atomic E-state index is 6.01. The van der Waals surface area contributed by atoms with Gasteiger partial charge in [0.05, 0.1) is 0 Å². The molecule has 0 saturated heterocycles. The van der Waals surface area contributed by atoms with Gasteiger partial charge in [0.1, 0.15) is 0 Å². The summed E-state index contributed by atoms with van der Waals surface area (Å²) >= 11 is 3.38. The maximum Gasteiger partial charge on any atom is 0.0410 e. The minimum absolute atomic E-state index is 0.190. The van der Waals surface area contributed by atoms with Crippen molar-refractivity contribution in [1.82, 2.24) is 4.98 Å². The summed E-state index contributed by atoms with van der Waals surface area (Å²) in [6, 6.07) is 2.24. The number of hydrogen-bond acceptors (Lipinski definition) is 2. The zero-order valence-corrected chi connectivity index (χ0v) is 8.29. The van der Waals surface area contributed by atoms with E-state index in [2.05, 4.69) is 27.0 Å². The highest BCUT2D eigenvalue weighted by molar-refractivity contribution is 9.10. The van der Waals surface area contributed by atoms with Crippen LogP contribution >= 0.6 is 15.9 Å². The van der Waals surface area contributed by atoms with Crippen LogP contribution in [0.3, 0.4) is 0 Å². The lowest BCUT2D eigenvalue weighted by Gasteiger charge is -2.09. The predicted octanol–water partition coefficient (Wildman–Crippen LogP) is 2.25. The second-order valence-corrected chi connectivity index (χ2v) is 4.22. The van der Waals surface area contributed by atoms with E-state index in [1.807, 2.05) is 6.20 Å². The van der Waals surface area contributed by atoms with Crippen molar-refractivity contribution in [2.75, 3.05) is 0 Å². The lowest BCUT2D eigenvalue weighted by molar-refractivity contribution is 0.630. The number of aromatic nitrogens is 1. The van der Waals surface area contributed by atoms with Crippen LogP contribution in [0.4, 0.5) is 0 Å². The van der Waals surface area contributed by atoms with E-state index in [4.69, 9.17) is 5.73 Å². The first-order chi connectivity index (χ1) is 5.77. The Morgan fingerprint density at radius 2 is 2.25 bits per heavy atom. The summed E-state index contributed by atoms with van der Waals surface area (Å²) < 4.78 is 1.01. The Kier molecular flexibility index (Phi) is 2.15. The Labute approximate surface area is 80.3 Å². The number of nitrogens with two attached hydrogens (primary N) is 1. The average molecular weight is 227 g/mol. The van der Waals surface area contributed by atoms with Crippen LogP contribution < -0.4 is 5.73 Å². The van der Waals surface area contributed by atoms with Crippen molar-refractivity contribution in [3.05, 3.63) is 28.5 Å². The van der Waals surface area contributed by atoms with Gasteiger partial charge in [-0.2, -0.15) is 0 Å². The smallest absolute Gasteiger partial charge is 0.0410 e. The molecule has 0 bridgehead atoms. The normalized spacial score (nSPS) is 19.2. The van der Waals surface area contributed by atoms with Gasteiger partial charge in [-0.25, -0.2) is 0 Å². The third kappa shape index (κ3) is 1.67. The van der Waals surface area contributed by atoms with Gasteiger partial charge < -0.3 is 5.73 Å². The molecule has 2 rings (SSSR count). The molecule has 2 N–H and O–H groups in total. The Morgan fingerprint density at radius 1 is 1.50 bits per heavy atom. The van der Waals surface area contributed by atoms with Gasteiger partial charge in [-0.05, 0) is 46.3 Å². The van der Waals surface area contributed by atoms with Crippen molar-refractivity contribution >= 4 is 15.9 Å². The maximum absolute atomic E-state index is 6.01. The van der Waals surface area contributed by atoms with Gasteiger partial charge in [0, 0.05) is 22.9 Å². The van der Waals surface area contributed by atoms with E-state index in [0.29, 0.717) is 5.92 Å². The number of nitrogens with zero attached hydrogens (tertiary/aromatic N) is 1. The number of pyridine rings is 1. The molecular formula is C9H11BrN2. The fourth-order valence-corrected chi connectivity index (χ4v) is 1.72. The van der Waals surface area contributed by atoms with Crippen molar-refractivity contribution in [2.24, 2.45) is 11.7 Å². The number of hydrogen-bond donors (Lipinski definition) is 1. The molecule has 64 valence electrons. The van der Waals surface area contributed by atoms with E-state index in [1.165, 1.54) is 12.8 Å². The molecule has 1 fully saturated rings. The summed E-state index contributed by atoms with van der Waals surface area (Å²) in [5, 5.41) is 0. The molecule has 0 aromatic carbocycles. The molecular weight excluding hydrogens is 216 g/mol. The van der Waals surface area contributed by atoms with Crippen molar-refractivity contribution in [2.45, 2.75) is 18.9 Å². The molecule has 1 aliphatic rings. The van der Waals surface area contributed by atoms with E-state index in [0.717, 1.165) is 10.0 Å². The topological polar surface area (TPSA) is 38.9 Å². The van der Waals surface area contributed by atoms with Gasteiger partial charge >= 0.3 is 0 Å². The van der Waals surface area contributed by atoms with Crippen LogP contribution in [0.15, 0.2) is 22.9 Å². The highest BCUT2D eigenvalue weighted by atomic mass is 79.9. The van der Waals surface area contributed by atoms with Crippen LogP contribution in [0.1, 0.15) is 24.4 Å². The van der Waals surface area contributed by atoms with Crippen molar-refractivity contribution in [1.29, 1.82) is 0 Å². The predicted molar refractivity (Wildman–Crippen MR) is 51.6 cm³/mol. The Balaban J connectivity index is 2.20.